The van der Waals surface area contributed by atoms with E-state index in [-0.39, 0.29) is 31.1 Å². The van der Waals surface area contributed by atoms with E-state index in [1.807, 2.05) is 0 Å². The number of carbonyl (C=O) groups is 3. The zero-order chi connectivity index (χ0) is 59.2. The van der Waals surface area contributed by atoms with E-state index in [0.717, 1.165) is 116 Å². The van der Waals surface area contributed by atoms with Gasteiger partial charge >= 0.3 is 17.9 Å². The normalized spacial score (nSPS) is 12.7. The molecule has 6 nitrogen and oxygen atoms in total. The van der Waals surface area contributed by atoms with Crippen LogP contribution in [-0.2, 0) is 28.6 Å². The highest BCUT2D eigenvalue weighted by Gasteiger charge is 2.19. The molecule has 0 saturated heterocycles. The topological polar surface area (TPSA) is 78.9 Å². The molecule has 0 aliphatic heterocycles. The molecule has 0 amide bonds. The second-order valence-electron chi connectivity index (χ2n) is 23.4. The number of carbonyl (C=O) groups excluding carboxylic acids is 3. The van der Waals surface area contributed by atoms with Gasteiger partial charge < -0.3 is 14.2 Å². The van der Waals surface area contributed by atoms with Gasteiger partial charge in [-0.3, -0.25) is 14.4 Å². The van der Waals surface area contributed by atoms with Crippen LogP contribution < -0.4 is 0 Å². The molecular formula is C76H132O6. The molecule has 0 heterocycles. The van der Waals surface area contributed by atoms with Gasteiger partial charge in [-0.25, -0.2) is 0 Å². The van der Waals surface area contributed by atoms with Crippen molar-refractivity contribution in [1.82, 2.24) is 0 Å². The molecule has 1 atom stereocenters. The third-order valence-corrected chi connectivity index (χ3v) is 15.3. The van der Waals surface area contributed by atoms with E-state index in [2.05, 4.69) is 118 Å². The summed E-state index contributed by atoms with van der Waals surface area (Å²) in [5.41, 5.74) is 0. The van der Waals surface area contributed by atoms with Crippen molar-refractivity contribution in [2.75, 3.05) is 13.2 Å². The first-order valence-electron chi connectivity index (χ1n) is 35.2. The van der Waals surface area contributed by atoms with Crippen molar-refractivity contribution in [3.8, 4) is 0 Å². The van der Waals surface area contributed by atoms with E-state index >= 15 is 0 Å². The molecule has 0 N–H and O–H groups in total. The number of esters is 3. The fourth-order valence-electron chi connectivity index (χ4n) is 10.1. The SMILES string of the molecule is CC/C=C\C/C=C\C/C=C\C/C=C\C/C=C\CCCCCCCCCCCCCCCCCCCCCC(=O)OCC(COC(=O)CCCCCCCCCC)OC(=O)CCCCCCCC/C=C\C/C=C\C/C=C\CCCCCCC. The van der Waals surface area contributed by atoms with Crippen molar-refractivity contribution in [2.45, 2.75) is 354 Å². The number of unbranched alkanes of at least 4 members (excludes halogenated alkanes) is 37. The minimum absolute atomic E-state index is 0.0781. The Morgan fingerprint density at radius 1 is 0.256 bits per heavy atom. The molecule has 0 aromatic carbocycles. The predicted octanol–water partition coefficient (Wildman–Crippen LogP) is 24.4. The minimum atomic E-state index is -0.781. The molecule has 0 spiro atoms. The van der Waals surface area contributed by atoms with E-state index < -0.39 is 6.10 Å². The van der Waals surface area contributed by atoms with Gasteiger partial charge in [-0.15, -0.1) is 0 Å². The van der Waals surface area contributed by atoms with Crippen molar-refractivity contribution >= 4 is 17.9 Å². The van der Waals surface area contributed by atoms with Crippen molar-refractivity contribution in [3.63, 3.8) is 0 Å². The van der Waals surface area contributed by atoms with Gasteiger partial charge in [0.1, 0.15) is 13.2 Å². The molecule has 0 saturated carbocycles. The first-order valence-corrected chi connectivity index (χ1v) is 35.2. The lowest BCUT2D eigenvalue weighted by molar-refractivity contribution is -0.167. The van der Waals surface area contributed by atoms with Crippen molar-refractivity contribution in [3.05, 3.63) is 97.2 Å². The summed E-state index contributed by atoms with van der Waals surface area (Å²) in [4.78, 5) is 38.2. The van der Waals surface area contributed by atoms with Gasteiger partial charge in [0.25, 0.3) is 0 Å². The van der Waals surface area contributed by atoms with Crippen LogP contribution in [-0.4, -0.2) is 37.2 Å². The molecule has 0 rings (SSSR count). The molecule has 1 unspecified atom stereocenters. The maximum absolute atomic E-state index is 12.9. The Morgan fingerprint density at radius 3 is 0.744 bits per heavy atom. The first-order chi connectivity index (χ1) is 40.5. The largest absolute Gasteiger partial charge is 0.462 e. The molecule has 0 radical (unpaired) electrons. The number of ether oxygens (including phenoxy) is 3. The molecule has 6 heteroatoms. The second-order valence-corrected chi connectivity index (χ2v) is 23.4. The third-order valence-electron chi connectivity index (χ3n) is 15.3. The van der Waals surface area contributed by atoms with Crippen molar-refractivity contribution in [2.24, 2.45) is 0 Å². The zero-order valence-corrected chi connectivity index (χ0v) is 54.2. The molecule has 0 bridgehead atoms. The van der Waals surface area contributed by atoms with Gasteiger partial charge in [0.15, 0.2) is 6.10 Å². The molecule has 472 valence electrons. The Bertz CT molecular complexity index is 1590. The minimum Gasteiger partial charge on any atom is -0.462 e. The summed E-state index contributed by atoms with van der Waals surface area (Å²) in [6.45, 7) is 6.51. The molecule has 0 fully saturated rings. The van der Waals surface area contributed by atoms with Crippen LogP contribution in [0.3, 0.4) is 0 Å². The quantitative estimate of drug-likeness (QED) is 0.0261. The smallest absolute Gasteiger partial charge is 0.306 e. The lowest BCUT2D eigenvalue weighted by atomic mass is 10.0. The highest BCUT2D eigenvalue weighted by Crippen LogP contribution is 2.17. The van der Waals surface area contributed by atoms with Crippen molar-refractivity contribution < 1.29 is 28.6 Å². The van der Waals surface area contributed by atoms with Gasteiger partial charge in [0.05, 0.1) is 0 Å². The van der Waals surface area contributed by atoms with Crippen LogP contribution in [0.25, 0.3) is 0 Å². The molecular weight excluding hydrogens is 1010 g/mol. The standard InChI is InChI=1S/C76H132O6/c1-4-7-10-13-16-19-21-23-25-27-29-31-32-33-34-35-36-37-38-39-40-41-42-43-44-46-47-49-51-53-55-57-60-63-66-69-75(78)81-72-73(71-80-74(77)68-65-62-59-18-15-12-9-6-3)82-76(79)70-67-64-61-58-56-54-52-50-48-45-30-28-26-24-22-20-17-14-11-8-5-2/h7,10,16,19,22-25,28-31,33-34,48,50,73H,4-6,8-9,11-15,17-18,20-21,26-27,32,35-47,49,51-72H2,1-3H3/b10-7-,19-16-,24-22-,25-23-,30-28-,31-29-,34-33-,50-48-. The Balaban J connectivity index is 4.06. The van der Waals surface area contributed by atoms with E-state index in [4.69, 9.17) is 14.2 Å². The Kier molecular flexibility index (Phi) is 66.7. The van der Waals surface area contributed by atoms with Crippen LogP contribution in [0.4, 0.5) is 0 Å². The molecule has 0 aliphatic carbocycles. The average molecular weight is 1140 g/mol. The van der Waals surface area contributed by atoms with Gasteiger partial charge in [-0.2, -0.15) is 0 Å². The summed E-state index contributed by atoms with van der Waals surface area (Å²) in [5, 5.41) is 0. The predicted molar refractivity (Wildman–Crippen MR) is 357 cm³/mol. The van der Waals surface area contributed by atoms with Gasteiger partial charge in [-0.05, 0) is 103 Å². The summed E-state index contributed by atoms with van der Waals surface area (Å²) in [6, 6.07) is 0. The monoisotopic (exact) mass is 1140 g/mol. The Hall–Kier alpha value is -3.67. The van der Waals surface area contributed by atoms with Crippen LogP contribution in [0.5, 0.6) is 0 Å². The van der Waals surface area contributed by atoms with Crippen LogP contribution in [0, 0.1) is 0 Å². The van der Waals surface area contributed by atoms with Gasteiger partial charge in [0.2, 0.25) is 0 Å². The van der Waals surface area contributed by atoms with Crippen molar-refractivity contribution in [1.29, 1.82) is 0 Å². The third kappa shape index (κ3) is 67.1. The Morgan fingerprint density at radius 2 is 0.476 bits per heavy atom. The molecule has 82 heavy (non-hydrogen) atoms. The zero-order valence-electron chi connectivity index (χ0n) is 54.2. The van der Waals surface area contributed by atoms with E-state index in [9.17, 15) is 14.4 Å². The maximum atomic E-state index is 12.9. The van der Waals surface area contributed by atoms with Crippen LogP contribution in [0.2, 0.25) is 0 Å². The van der Waals surface area contributed by atoms with E-state index in [1.165, 1.54) is 193 Å². The molecule has 0 aromatic heterocycles. The first kappa shape index (κ1) is 78.3. The summed E-state index contributed by atoms with van der Waals surface area (Å²) in [6.07, 6.45) is 94.6. The van der Waals surface area contributed by atoms with Gasteiger partial charge in [-0.1, -0.05) is 323 Å². The Labute approximate surface area is 508 Å². The fourth-order valence-corrected chi connectivity index (χ4v) is 10.1. The average Bonchev–Trinajstić information content (AvgIpc) is 3.47. The van der Waals surface area contributed by atoms with Crippen LogP contribution in [0.15, 0.2) is 97.2 Å². The number of hydrogen-bond acceptors (Lipinski definition) is 6. The number of rotatable bonds is 64. The number of hydrogen-bond donors (Lipinski definition) is 0. The molecule has 0 aliphatic rings. The van der Waals surface area contributed by atoms with E-state index in [0.29, 0.717) is 19.3 Å². The maximum Gasteiger partial charge on any atom is 0.306 e. The fraction of sp³-hybridized carbons (Fsp3) is 0.750. The van der Waals surface area contributed by atoms with Crippen LogP contribution >= 0.6 is 0 Å². The highest BCUT2D eigenvalue weighted by atomic mass is 16.6. The molecule has 0 aromatic rings. The lowest BCUT2D eigenvalue weighted by Gasteiger charge is -2.18. The number of allylic oxidation sites excluding steroid dienone is 16. The van der Waals surface area contributed by atoms with Crippen LogP contribution in [0.1, 0.15) is 348 Å². The lowest BCUT2D eigenvalue weighted by Crippen LogP contribution is -2.30. The van der Waals surface area contributed by atoms with E-state index in [1.54, 1.807) is 0 Å². The summed E-state index contributed by atoms with van der Waals surface area (Å²) < 4.78 is 16.9. The summed E-state index contributed by atoms with van der Waals surface area (Å²) in [5.74, 6) is -0.880. The highest BCUT2D eigenvalue weighted by molar-refractivity contribution is 5.71. The summed E-state index contributed by atoms with van der Waals surface area (Å²) >= 11 is 0. The summed E-state index contributed by atoms with van der Waals surface area (Å²) in [7, 11) is 0. The van der Waals surface area contributed by atoms with Gasteiger partial charge in [0, 0.05) is 19.3 Å². The second kappa shape index (κ2) is 69.8.